The zero-order valence-electron chi connectivity index (χ0n) is 10.7. The van der Waals surface area contributed by atoms with Crippen molar-refractivity contribution in [3.8, 4) is 0 Å². The van der Waals surface area contributed by atoms with Gasteiger partial charge in [0.2, 0.25) is 0 Å². The van der Waals surface area contributed by atoms with Gasteiger partial charge in [0.25, 0.3) is 0 Å². The van der Waals surface area contributed by atoms with Crippen molar-refractivity contribution in [3.05, 3.63) is 39.9 Å². The molecule has 0 amide bonds. The predicted molar refractivity (Wildman–Crippen MR) is 81.0 cm³/mol. The van der Waals surface area contributed by atoms with E-state index in [9.17, 15) is 4.79 Å². The van der Waals surface area contributed by atoms with Crippen LogP contribution in [0.25, 0.3) is 5.76 Å². The number of carbonyl (C=O) groups is 1. The number of carbonyl (C=O) groups excluding carboxylic acids is 1. The van der Waals surface area contributed by atoms with E-state index in [1.165, 1.54) is 0 Å². The number of hydrogen-bond acceptors (Lipinski definition) is 3. The van der Waals surface area contributed by atoms with Crippen molar-refractivity contribution in [3.63, 3.8) is 0 Å². The molecule has 0 N–H and O–H groups in total. The normalized spacial score (nSPS) is 21.4. The van der Waals surface area contributed by atoms with Crippen LogP contribution in [-0.4, -0.2) is 19.7 Å². The van der Waals surface area contributed by atoms with E-state index in [0.717, 1.165) is 21.4 Å². The average Bonchev–Trinajstić information content (AvgIpc) is 2.39. The third kappa shape index (κ3) is 2.58. The van der Waals surface area contributed by atoms with Crippen LogP contribution in [0.1, 0.15) is 24.5 Å². The van der Waals surface area contributed by atoms with Crippen molar-refractivity contribution in [2.24, 2.45) is 0 Å². The summed E-state index contributed by atoms with van der Waals surface area (Å²) in [5, 5.41) is 0. The van der Waals surface area contributed by atoms with Crippen LogP contribution < -0.4 is 0 Å². The van der Waals surface area contributed by atoms with Gasteiger partial charge in [-0.25, -0.2) is 0 Å². The third-order valence-corrected chi connectivity index (χ3v) is 4.63. The number of allylic oxidation sites excluding steroid dienone is 1. The zero-order valence-corrected chi connectivity index (χ0v) is 13.9. The summed E-state index contributed by atoms with van der Waals surface area (Å²) in [4.78, 5) is 12.2. The molecule has 0 bridgehead atoms. The summed E-state index contributed by atoms with van der Waals surface area (Å²) in [5.41, 5.74) is 1.77. The largest absolute Gasteiger partial charge is 0.496 e. The van der Waals surface area contributed by atoms with Gasteiger partial charge in [-0.05, 0) is 37.1 Å². The summed E-state index contributed by atoms with van der Waals surface area (Å²) in [5.74, 6) is 0.501. The lowest BCUT2D eigenvalue weighted by molar-refractivity contribution is -0.146. The highest BCUT2D eigenvalue weighted by molar-refractivity contribution is 9.10. The zero-order chi connectivity index (χ0) is 14.0. The van der Waals surface area contributed by atoms with Crippen LogP contribution in [0.4, 0.5) is 0 Å². The maximum absolute atomic E-state index is 12.2. The van der Waals surface area contributed by atoms with Crippen molar-refractivity contribution >= 4 is 43.6 Å². The first-order valence-corrected chi connectivity index (χ1v) is 7.52. The fourth-order valence-corrected chi connectivity index (χ4v) is 3.13. The van der Waals surface area contributed by atoms with E-state index >= 15 is 0 Å². The number of ether oxygens (including phenoxy) is 2. The molecule has 1 aliphatic carbocycles. The molecule has 0 heterocycles. The molecule has 102 valence electrons. The molecule has 0 saturated heterocycles. The minimum absolute atomic E-state index is 0.273. The van der Waals surface area contributed by atoms with E-state index in [0.29, 0.717) is 13.0 Å². The third-order valence-electron chi connectivity index (χ3n) is 3.06. The Balaban J connectivity index is 2.54. The number of fused-ring (bicyclic) bond motifs is 1. The van der Waals surface area contributed by atoms with Gasteiger partial charge in [0, 0.05) is 10.0 Å². The molecule has 1 unspecified atom stereocenters. The predicted octanol–water partition coefficient (Wildman–Crippen LogP) is 3.99. The van der Waals surface area contributed by atoms with Crippen LogP contribution in [-0.2, 0) is 18.6 Å². The number of methoxy groups -OCH3 is 1. The summed E-state index contributed by atoms with van der Waals surface area (Å²) in [6.07, 6.45) is 2.41. The summed E-state index contributed by atoms with van der Waals surface area (Å²) in [6.45, 7) is 2.16. The van der Waals surface area contributed by atoms with Gasteiger partial charge in [0.15, 0.2) is 4.32 Å². The van der Waals surface area contributed by atoms with Gasteiger partial charge in [-0.3, -0.25) is 4.79 Å². The Morgan fingerprint density at radius 1 is 1.47 bits per heavy atom. The minimum Gasteiger partial charge on any atom is -0.496 e. The van der Waals surface area contributed by atoms with Crippen molar-refractivity contribution in [1.29, 1.82) is 0 Å². The van der Waals surface area contributed by atoms with Crippen LogP contribution in [0.15, 0.2) is 28.7 Å². The fourth-order valence-electron chi connectivity index (χ4n) is 2.15. The molecular formula is C14H14Br2O3. The quantitative estimate of drug-likeness (QED) is 0.579. The molecule has 0 spiro atoms. The standard InChI is InChI=1S/C14H14Br2O3/c1-3-19-13(17)14(16)7-6-12(18-2)10-8-9(15)4-5-11(10)14/h4-6,8H,3,7H2,1-2H3. The molecule has 2 rings (SSSR count). The lowest BCUT2D eigenvalue weighted by Crippen LogP contribution is -2.33. The minimum atomic E-state index is -0.832. The van der Waals surface area contributed by atoms with E-state index in [4.69, 9.17) is 9.47 Å². The molecular weight excluding hydrogens is 376 g/mol. The second-order valence-corrected chi connectivity index (χ2v) is 6.46. The Labute approximate surface area is 129 Å². The first-order valence-electron chi connectivity index (χ1n) is 5.93. The van der Waals surface area contributed by atoms with Crippen LogP contribution >= 0.6 is 31.9 Å². The summed E-state index contributed by atoms with van der Waals surface area (Å²) in [6, 6.07) is 5.77. The molecule has 0 fully saturated rings. The van der Waals surface area contributed by atoms with Gasteiger partial charge >= 0.3 is 5.97 Å². The molecule has 3 nitrogen and oxygen atoms in total. The molecule has 1 atom stereocenters. The monoisotopic (exact) mass is 388 g/mol. The maximum atomic E-state index is 12.2. The second kappa shape index (κ2) is 5.67. The number of alkyl halides is 1. The first-order chi connectivity index (χ1) is 9.02. The van der Waals surface area contributed by atoms with E-state index in [2.05, 4.69) is 31.9 Å². The SMILES string of the molecule is CCOC(=O)C1(Br)CC=C(OC)c2cc(Br)ccc21. The van der Waals surface area contributed by atoms with E-state index in [1.807, 2.05) is 24.3 Å². The fraction of sp³-hybridized carbons (Fsp3) is 0.357. The van der Waals surface area contributed by atoms with Crippen LogP contribution in [0.2, 0.25) is 0 Å². The maximum Gasteiger partial charge on any atom is 0.327 e. The number of halogens is 2. The Hall–Kier alpha value is -0.810. The number of rotatable bonds is 3. The Morgan fingerprint density at radius 2 is 2.21 bits per heavy atom. The molecule has 1 aromatic carbocycles. The molecule has 5 heteroatoms. The molecule has 1 aromatic rings. The lowest BCUT2D eigenvalue weighted by Gasteiger charge is -2.31. The Bertz CT molecular complexity index is 539. The number of benzene rings is 1. The topological polar surface area (TPSA) is 35.5 Å². The smallest absolute Gasteiger partial charge is 0.327 e. The highest BCUT2D eigenvalue weighted by Gasteiger charge is 2.43. The molecule has 0 aliphatic heterocycles. The van der Waals surface area contributed by atoms with E-state index in [-0.39, 0.29) is 5.97 Å². The number of hydrogen-bond donors (Lipinski definition) is 0. The molecule has 0 aromatic heterocycles. The van der Waals surface area contributed by atoms with E-state index < -0.39 is 4.32 Å². The Kier molecular flexibility index (Phi) is 4.36. The molecule has 0 radical (unpaired) electrons. The van der Waals surface area contributed by atoms with Crippen molar-refractivity contribution in [2.45, 2.75) is 17.7 Å². The van der Waals surface area contributed by atoms with Crippen LogP contribution in [0, 0.1) is 0 Å². The van der Waals surface area contributed by atoms with Crippen molar-refractivity contribution in [1.82, 2.24) is 0 Å². The number of esters is 1. The Morgan fingerprint density at radius 3 is 2.84 bits per heavy atom. The van der Waals surface area contributed by atoms with Crippen molar-refractivity contribution < 1.29 is 14.3 Å². The summed E-state index contributed by atoms with van der Waals surface area (Å²) < 4.78 is 10.7. The van der Waals surface area contributed by atoms with Gasteiger partial charge in [-0.2, -0.15) is 0 Å². The summed E-state index contributed by atoms with van der Waals surface area (Å²) >= 11 is 6.99. The van der Waals surface area contributed by atoms with E-state index in [1.54, 1.807) is 14.0 Å². The van der Waals surface area contributed by atoms with Gasteiger partial charge in [0.1, 0.15) is 5.76 Å². The van der Waals surface area contributed by atoms with Crippen molar-refractivity contribution in [2.75, 3.05) is 13.7 Å². The molecule has 1 aliphatic rings. The highest BCUT2D eigenvalue weighted by Crippen LogP contribution is 2.45. The van der Waals surface area contributed by atoms with Crippen LogP contribution in [0.3, 0.4) is 0 Å². The molecule has 0 saturated carbocycles. The molecule has 19 heavy (non-hydrogen) atoms. The highest BCUT2D eigenvalue weighted by atomic mass is 79.9. The lowest BCUT2D eigenvalue weighted by atomic mass is 9.86. The van der Waals surface area contributed by atoms with Gasteiger partial charge < -0.3 is 9.47 Å². The van der Waals surface area contributed by atoms with Gasteiger partial charge in [-0.15, -0.1) is 0 Å². The second-order valence-electron chi connectivity index (χ2n) is 4.19. The first kappa shape index (κ1) is 14.6. The van der Waals surface area contributed by atoms with Gasteiger partial charge in [0.05, 0.1) is 13.7 Å². The van der Waals surface area contributed by atoms with Gasteiger partial charge in [-0.1, -0.05) is 37.9 Å². The van der Waals surface area contributed by atoms with Crippen LogP contribution in [0.5, 0.6) is 0 Å². The average molecular weight is 390 g/mol. The summed E-state index contributed by atoms with van der Waals surface area (Å²) in [7, 11) is 1.63.